The highest BCUT2D eigenvalue weighted by atomic mass is 79.9. The zero-order valence-electron chi connectivity index (χ0n) is 12.7. The molecule has 0 bridgehead atoms. The van der Waals surface area contributed by atoms with Crippen LogP contribution in [0.2, 0.25) is 0 Å². The molecule has 2 aromatic carbocycles. The van der Waals surface area contributed by atoms with Crippen LogP contribution in [0.25, 0.3) is 0 Å². The molecule has 25 heavy (non-hydrogen) atoms. The highest BCUT2D eigenvalue weighted by molar-refractivity contribution is 9.10. The predicted octanol–water partition coefficient (Wildman–Crippen LogP) is 3.67. The van der Waals surface area contributed by atoms with Crippen molar-refractivity contribution in [3.05, 3.63) is 51.7 Å². The Hall–Kier alpha value is -2.13. The van der Waals surface area contributed by atoms with E-state index < -0.39 is 43.7 Å². The van der Waals surface area contributed by atoms with E-state index in [1.165, 1.54) is 30.3 Å². The minimum absolute atomic E-state index is 0.0984. The van der Waals surface area contributed by atoms with E-state index in [-0.39, 0.29) is 5.92 Å². The Kier molecular flexibility index (Phi) is 4.46. The van der Waals surface area contributed by atoms with Crippen molar-refractivity contribution in [3.8, 4) is 5.75 Å². The smallest absolute Gasteiger partial charge is 0.338 e. The van der Waals surface area contributed by atoms with Crippen molar-refractivity contribution < 1.29 is 27.8 Å². The fourth-order valence-electron chi connectivity index (χ4n) is 2.43. The lowest BCUT2D eigenvalue weighted by Gasteiger charge is -2.13. The number of carboxylic acids is 1. The molecule has 3 rings (SSSR count). The van der Waals surface area contributed by atoms with Crippen LogP contribution < -0.4 is 4.72 Å². The van der Waals surface area contributed by atoms with E-state index in [0.717, 1.165) is 12.8 Å². The highest BCUT2D eigenvalue weighted by Crippen LogP contribution is 2.42. The molecule has 1 aliphatic carbocycles. The molecular formula is C16H13BrFNO5S. The topological polar surface area (TPSA) is 104 Å². The summed E-state index contributed by atoms with van der Waals surface area (Å²) >= 11 is 3.10. The third-order valence-corrected chi connectivity index (χ3v) is 5.72. The standard InChI is InChI=1S/C16H13BrFNO5S/c17-10-3-4-13(20)14(7-10)25(23,24)19-12-6-9(8-1-2-8)5-11(15(12)18)16(21)22/h3-8,19-20H,1-2H2,(H,21,22). The highest BCUT2D eigenvalue weighted by Gasteiger charge is 2.29. The van der Waals surface area contributed by atoms with Crippen LogP contribution in [-0.4, -0.2) is 24.6 Å². The van der Waals surface area contributed by atoms with Crippen LogP contribution in [0, 0.1) is 5.82 Å². The van der Waals surface area contributed by atoms with Crippen molar-refractivity contribution in [1.82, 2.24) is 0 Å². The number of rotatable bonds is 5. The first-order valence-corrected chi connectivity index (χ1v) is 9.54. The monoisotopic (exact) mass is 429 g/mol. The Balaban J connectivity index is 2.07. The summed E-state index contributed by atoms with van der Waals surface area (Å²) in [5.74, 6) is -3.06. The molecule has 9 heteroatoms. The van der Waals surface area contributed by atoms with Crippen molar-refractivity contribution in [2.45, 2.75) is 23.7 Å². The van der Waals surface area contributed by atoms with Crippen LogP contribution in [0.4, 0.5) is 10.1 Å². The Morgan fingerprint density at radius 3 is 2.52 bits per heavy atom. The molecule has 0 radical (unpaired) electrons. The van der Waals surface area contributed by atoms with Gasteiger partial charge in [-0.25, -0.2) is 17.6 Å². The minimum Gasteiger partial charge on any atom is -0.507 e. The van der Waals surface area contributed by atoms with Gasteiger partial charge in [0.1, 0.15) is 10.6 Å². The average molecular weight is 430 g/mol. The number of halogens is 2. The molecular weight excluding hydrogens is 417 g/mol. The summed E-state index contributed by atoms with van der Waals surface area (Å²) in [4.78, 5) is 10.8. The minimum atomic E-state index is -4.32. The lowest BCUT2D eigenvalue weighted by Crippen LogP contribution is -2.16. The molecule has 0 aliphatic heterocycles. The van der Waals surface area contributed by atoms with Gasteiger partial charge in [0.2, 0.25) is 0 Å². The summed E-state index contributed by atoms with van der Waals surface area (Å²) < 4.78 is 41.9. The van der Waals surface area contributed by atoms with E-state index in [1.54, 1.807) is 0 Å². The van der Waals surface area contributed by atoms with E-state index in [0.29, 0.717) is 10.0 Å². The second-order valence-corrected chi connectivity index (χ2v) is 8.29. The lowest BCUT2D eigenvalue weighted by molar-refractivity contribution is 0.0692. The number of hydrogen-bond acceptors (Lipinski definition) is 4. The van der Waals surface area contributed by atoms with Gasteiger partial charge < -0.3 is 10.2 Å². The van der Waals surface area contributed by atoms with Gasteiger partial charge in [0.05, 0.1) is 11.3 Å². The van der Waals surface area contributed by atoms with Gasteiger partial charge in [-0.15, -0.1) is 0 Å². The van der Waals surface area contributed by atoms with E-state index in [2.05, 4.69) is 15.9 Å². The molecule has 1 aliphatic rings. The molecule has 2 aromatic rings. The zero-order valence-corrected chi connectivity index (χ0v) is 15.1. The lowest BCUT2D eigenvalue weighted by atomic mass is 10.1. The van der Waals surface area contributed by atoms with Crippen molar-refractivity contribution >= 4 is 37.6 Å². The van der Waals surface area contributed by atoms with Crippen molar-refractivity contribution in [2.75, 3.05) is 4.72 Å². The number of hydrogen-bond donors (Lipinski definition) is 3. The number of carbonyl (C=O) groups is 1. The average Bonchev–Trinajstić information content (AvgIpc) is 3.36. The summed E-state index contributed by atoms with van der Waals surface area (Å²) in [5, 5.41) is 18.9. The predicted molar refractivity (Wildman–Crippen MR) is 91.9 cm³/mol. The number of carboxylic acid groups (broad SMARTS) is 1. The number of aromatic hydroxyl groups is 1. The van der Waals surface area contributed by atoms with Gasteiger partial charge in [-0.3, -0.25) is 4.72 Å². The van der Waals surface area contributed by atoms with E-state index in [9.17, 15) is 22.7 Å². The summed E-state index contributed by atoms with van der Waals surface area (Å²) in [5.41, 5.74) is -0.489. The SMILES string of the molecule is O=C(O)c1cc(C2CC2)cc(NS(=O)(=O)c2cc(Br)ccc2O)c1F. The van der Waals surface area contributed by atoms with Gasteiger partial charge in [-0.2, -0.15) is 0 Å². The quantitative estimate of drug-likeness (QED) is 0.672. The molecule has 132 valence electrons. The largest absolute Gasteiger partial charge is 0.507 e. The van der Waals surface area contributed by atoms with Crippen LogP contribution in [0.15, 0.2) is 39.7 Å². The van der Waals surface area contributed by atoms with E-state index >= 15 is 0 Å². The van der Waals surface area contributed by atoms with Gasteiger partial charge in [0, 0.05) is 4.47 Å². The van der Waals surface area contributed by atoms with Gasteiger partial charge in [-0.1, -0.05) is 15.9 Å². The number of anilines is 1. The molecule has 0 heterocycles. The summed E-state index contributed by atoms with van der Waals surface area (Å²) in [6, 6.07) is 6.32. The number of aromatic carboxylic acids is 1. The molecule has 0 amide bonds. The van der Waals surface area contributed by atoms with Gasteiger partial charge in [0.25, 0.3) is 10.0 Å². The number of nitrogens with one attached hydrogen (secondary N) is 1. The van der Waals surface area contributed by atoms with Crippen LogP contribution in [-0.2, 0) is 10.0 Å². The first-order chi connectivity index (χ1) is 11.7. The normalized spacial score (nSPS) is 14.3. The molecule has 0 saturated heterocycles. The van der Waals surface area contributed by atoms with Gasteiger partial charge >= 0.3 is 5.97 Å². The second kappa shape index (κ2) is 6.30. The fourth-order valence-corrected chi connectivity index (χ4v) is 4.12. The van der Waals surface area contributed by atoms with Crippen molar-refractivity contribution in [3.63, 3.8) is 0 Å². The Bertz CT molecular complexity index is 973. The van der Waals surface area contributed by atoms with Crippen LogP contribution >= 0.6 is 15.9 Å². The maximum atomic E-state index is 14.4. The third kappa shape index (κ3) is 3.62. The Morgan fingerprint density at radius 2 is 1.92 bits per heavy atom. The molecule has 0 unspecified atom stereocenters. The van der Waals surface area contributed by atoms with Crippen molar-refractivity contribution in [1.29, 1.82) is 0 Å². The summed E-state index contributed by atoms with van der Waals surface area (Å²) in [6.45, 7) is 0. The van der Waals surface area contributed by atoms with Crippen LogP contribution in [0.5, 0.6) is 5.75 Å². The van der Waals surface area contributed by atoms with Crippen molar-refractivity contribution in [2.24, 2.45) is 0 Å². The third-order valence-electron chi connectivity index (χ3n) is 3.83. The number of benzene rings is 2. The fraction of sp³-hybridized carbons (Fsp3) is 0.188. The first-order valence-electron chi connectivity index (χ1n) is 7.27. The molecule has 6 nitrogen and oxygen atoms in total. The number of phenolic OH excluding ortho intramolecular Hbond substituents is 1. The molecule has 0 atom stereocenters. The zero-order chi connectivity index (χ0) is 18.4. The number of sulfonamides is 1. The second-order valence-electron chi connectivity index (χ2n) is 5.73. The van der Waals surface area contributed by atoms with Crippen LogP contribution in [0.1, 0.15) is 34.7 Å². The molecule has 1 saturated carbocycles. The van der Waals surface area contributed by atoms with Gasteiger partial charge in [0.15, 0.2) is 5.82 Å². The first kappa shape index (κ1) is 17.7. The van der Waals surface area contributed by atoms with Crippen LogP contribution in [0.3, 0.4) is 0 Å². The number of phenols is 1. The Morgan fingerprint density at radius 1 is 1.24 bits per heavy atom. The molecule has 0 aromatic heterocycles. The van der Waals surface area contributed by atoms with E-state index in [4.69, 9.17) is 5.11 Å². The van der Waals surface area contributed by atoms with E-state index in [1.807, 2.05) is 4.72 Å². The maximum absolute atomic E-state index is 14.4. The maximum Gasteiger partial charge on any atom is 0.338 e. The molecule has 1 fully saturated rings. The summed E-state index contributed by atoms with van der Waals surface area (Å²) in [7, 11) is -4.32. The summed E-state index contributed by atoms with van der Waals surface area (Å²) in [6.07, 6.45) is 1.67. The molecule has 0 spiro atoms. The Labute approximate surface area is 151 Å². The van der Waals surface area contributed by atoms with Gasteiger partial charge in [-0.05, 0) is 54.7 Å². The molecule has 3 N–H and O–H groups in total.